The summed E-state index contributed by atoms with van der Waals surface area (Å²) in [6, 6.07) is 0. The van der Waals surface area contributed by atoms with Crippen LogP contribution in [0.25, 0.3) is 0 Å². The molecular weight excluding hydrogens is 182 g/mol. The van der Waals surface area contributed by atoms with Crippen LogP contribution < -0.4 is 10.0 Å². The molecule has 0 unspecified atom stereocenters. The maximum Gasteiger partial charge on any atom is 0.324 e. The number of nitrogens with zero attached hydrogens (tertiary/aromatic N) is 2. The summed E-state index contributed by atoms with van der Waals surface area (Å²) in [7, 11) is -3.55. The first-order valence-electron chi connectivity index (χ1n) is 3.10. The minimum atomic E-state index is -3.55. The van der Waals surface area contributed by atoms with Crippen LogP contribution in [0.3, 0.4) is 0 Å². The van der Waals surface area contributed by atoms with E-state index in [1.54, 1.807) is 6.92 Å². The van der Waals surface area contributed by atoms with E-state index >= 15 is 0 Å². The Bertz CT molecular complexity index is 361. The van der Waals surface area contributed by atoms with Crippen molar-refractivity contribution in [2.75, 3.05) is 12.0 Å². The van der Waals surface area contributed by atoms with Crippen LogP contribution in [0.2, 0.25) is 0 Å². The predicted octanol–water partition coefficient (Wildman–Crippen LogP) is -0.838. The van der Waals surface area contributed by atoms with Gasteiger partial charge in [-0.1, -0.05) is 0 Å². The number of aryl methyl sites for hydroxylation is 1. The maximum absolute atomic E-state index is 10.7. The minimum Gasteiger partial charge on any atom is -0.367 e. The van der Waals surface area contributed by atoms with Crippen LogP contribution in [-0.2, 0) is 10.1 Å². The zero-order valence-corrected chi connectivity index (χ0v) is 7.50. The molecule has 0 spiro atoms. The van der Waals surface area contributed by atoms with Crippen LogP contribution in [0, 0.1) is 6.92 Å². The molecule has 0 saturated heterocycles. The second kappa shape index (κ2) is 2.67. The van der Waals surface area contributed by atoms with Crippen molar-refractivity contribution in [3.8, 4) is 0 Å². The summed E-state index contributed by atoms with van der Waals surface area (Å²) in [4.78, 5) is 3.65. The standard InChI is InChI=1S/C5H9N3O3S/c1-4-3-7-5(6)8(4)11-12(2,9)10/h3H,1-2H3,(H2,6,7). The van der Waals surface area contributed by atoms with Crippen LogP contribution in [0.5, 0.6) is 0 Å². The van der Waals surface area contributed by atoms with Gasteiger partial charge in [0.25, 0.3) is 0 Å². The molecule has 1 aromatic heterocycles. The molecule has 0 atom stereocenters. The van der Waals surface area contributed by atoms with Crippen molar-refractivity contribution in [3.63, 3.8) is 0 Å². The molecule has 0 radical (unpaired) electrons. The van der Waals surface area contributed by atoms with Crippen molar-refractivity contribution in [1.82, 2.24) is 9.71 Å². The Morgan fingerprint density at radius 2 is 2.25 bits per heavy atom. The number of imidazole rings is 1. The van der Waals surface area contributed by atoms with E-state index in [0.29, 0.717) is 5.69 Å². The van der Waals surface area contributed by atoms with Crippen LogP contribution in [0.15, 0.2) is 6.20 Å². The van der Waals surface area contributed by atoms with Gasteiger partial charge in [-0.25, -0.2) is 4.98 Å². The summed E-state index contributed by atoms with van der Waals surface area (Å²) in [5, 5.41) is 0. The van der Waals surface area contributed by atoms with E-state index in [2.05, 4.69) is 9.27 Å². The lowest BCUT2D eigenvalue weighted by Crippen LogP contribution is -2.21. The predicted molar refractivity (Wildman–Crippen MR) is 42.8 cm³/mol. The number of anilines is 1. The van der Waals surface area contributed by atoms with E-state index in [-0.39, 0.29) is 5.95 Å². The van der Waals surface area contributed by atoms with Gasteiger partial charge in [-0.05, 0) is 6.92 Å². The maximum atomic E-state index is 10.7. The first-order valence-corrected chi connectivity index (χ1v) is 4.91. The number of hydrogen-bond donors (Lipinski definition) is 1. The lowest BCUT2D eigenvalue weighted by Gasteiger charge is -2.04. The molecule has 0 aliphatic heterocycles. The van der Waals surface area contributed by atoms with Crippen molar-refractivity contribution in [1.29, 1.82) is 0 Å². The van der Waals surface area contributed by atoms with Crippen molar-refractivity contribution in [2.24, 2.45) is 0 Å². The molecule has 0 fully saturated rings. The molecule has 12 heavy (non-hydrogen) atoms. The largest absolute Gasteiger partial charge is 0.367 e. The third-order valence-electron chi connectivity index (χ3n) is 1.12. The van der Waals surface area contributed by atoms with Gasteiger partial charge >= 0.3 is 10.1 Å². The van der Waals surface area contributed by atoms with Gasteiger partial charge in [-0.3, -0.25) is 4.28 Å². The third kappa shape index (κ3) is 1.88. The van der Waals surface area contributed by atoms with Crippen molar-refractivity contribution in [3.05, 3.63) is 11.9 Å². The van der Waals surface area contributed by atoms with Crippen LogP contribution >= 0.6 is 0 Å². The highest BCUT2D eigenvalue weighted by atomic mass is 32.2. The molecule has 1 heterocycles. The quantitative estimate of drug-likeness (QED) is 0.658. The Kier molecular flexibility index (Phi) is 1.97. The zero-order chi connectivity index (χ0) is 9.35. The minimum absolute atomic E-state index is 0.0120. The summed E-state index contributed by atoms with van der Waals surface area (Å²) in [5.41, 5.74) is 5.84. The second-order valence-electron chi connectivity index (χ2n) is 2.33. The first-order chi connectivity index (χ1) is 5.40. The number of nitrogen functional groups attached to an aromatic ring is 1. The molecule has 0 amide bonds. The fraction of sp³-hybridized carbons (Fsp3) is 0.400. The molecule has 1 rings (SSSR count). The summed E-state index contributed by atoms with van der Waals surface area (Å²) < 4.78 is 26.8. The lowest BCUT2D eigenvalue weighted by molar-refractivity contribution is 0.281. The lowest BCUT2D eigenvalue weighted by atomic mass is 10.6. The smallest absolute Gasteiger partial charge is 0.324 e. The summed E-state index contributed by atoms with van der Waals surface area (Å²) in [6.07, 6.45) is 2.35. The average Bonchev–Trinajstić information content (AvgIpc) is 2.16. The Hall–Kier alpha value is -1.24. The Labute approximate surface area is 70.0 Å². The topological polar surface area (TPSA) is 87.2 Å². The van der Waals surface area contributed by atoms with Crippen LogP contribution in [-0.4, -0.2) is 24.4 Å². The number of hydrogen-bond acceptors (Lipinski definition) is 5. The monoisotopic (exact) mass is 191 g/mol. The molecule has 6 nitrogen and oxygen atoms in total. The van der Waals surface area contributed by atoms with Gasteiger partial charge in [0.05, 0.1) is 18.1 Å². The van der Waals surface area contributed by atoms with Crippen LogP contribution in [0.4, 0.5) is 5.95 Å². The fourth-order valence-corrected chi connectivity index (χ4v) is 1.14. The highest BCUT2D eigenvalue weighted by Crippen LogP contribution is 2.03. The van der Waals surface area contributed by atoms with E-state index in [1.807, 2.05) is 0 Å². The summed E-state index contributed by atoms with van der Waals surface area (Å²) >= 11 is 0. The third-order valence-corrected chi connectivity index (χ3v) is 1.54. The Morgan fingerprint density at radius 1 is 1.67 bits per heavy atom. The van der Waals surface area contributed by atoms with E-state index in [9.17, 15) is 8.42 Å². The SMILES string of the molecule is Cc1cnc(N)n1OS(C)(=O)=O. The molecule has 7 heteroatoms. The van der Waals surface area contributed by atoms with Gasteiger partial charge in [-0.2, -0.15) is 8.42 Å². The Balaban J connectivity index is 3.04. The van der Waals surface area contributed by atoms with Gasteiger partial charge in [0.2, 0.25) is 5.95 Å². The van der Waals surface area contributed by atoms with Gasteiger partial charge < -0.3 is 5.73 Å². The highest BCUT2D eigenvalue weighted by molar-refractivity contribution is 7.86. The number of aromatic nitrogens is 2. The molecule has 0 aliphatic rings. The van der Waals surface area contributed by atoms with Gasteiger partial charge in [0.1, 0.15) is 0 Å². The molecule has 0 aromatic carbocycles. The Morgan fingerprint density at radius 3 is 2.58 bits per heavy atom. The van der Waals surface area contributed by atoms with Crippen molar-refractivity contribution in [2.45, 2.75) is 6.92 Å². The molecule has 0 saturated carbocycles. The summed E-state index contributed by atoms with van der Waals surface area (Å²) in [6.45, 7) is 1.63. The fourth-order valence-electron chi connectivity index (χ4n) is 0.677. The molecule has 2 N–H and O–H groups in total. The zero-order valence-electron chi connectivity index (χ0n) is 6.68. The van der Waals surface area contributed by atoms with Crippen LogP contribution in [0.1, 0.15) is 5.69 Å². The second-order valence-corrected chi connectivity index (χ2v) is 3.89. The molecule has 0 aliphatic carbocycles. The van der Waals surface area contributed by atoms with E-state index in [4.69, 9.17) is 5.73 Å². The van der Waals surface area contributed by atoms with E-state index in [1.165, 1.54) is 6.20 Å². The first kappa shape index (κ1) is 8.85. The van der Waals surface area contributed by atoms with Crippen molar-refractivity contribution < 1.29 is 12.7 Å². The van der Waals surface area contributed by atoms with E-state index in [0.717, 1.165) is 11.0 Å². The number of rotatable bonds is 2. The van der Waals surface area contributed by atoms with Gasteiger partial charge in [-0.15, -0.1) is 4.73 Å². The molecule has 1 aromatic rings. The number of nitrogens with two attached hydrogens (primary N) is 1. The van der Waals surface area contributed by atoms with Crippen molar-refractivity contribution >= 4 is 16.1 Å². The molecule has 68 valence electrons. The van der Waals surface area contributed by atoms with Gasteiger partial charge in [0, 0.05) is 0 Å². The van der Waals surface area contributed by atoms with Gasteiger partial charge in [0.15, 0.2) is 0 Å². The highest BCUT2D eigenvalue weighted by Gasteiger charge is 2.09. The molecular formula is C5H9N3O3S. The summed E-state index contributed by atoms with van der Waals surface area (Å²) in [5.74, 6) is 0.0120. The average molecular weight is 191 g/mol. The van der Waals surface area contributed by atoms with E-state index < -0.39 is 10.1 Å². The normalized spacial score (nSPS) is 11.5. The molecule has 0 bridgehead atoms.